The number of pyridine rings is 1. The van der Waals surface area contributed by atoms with Crippen molar-refractivity contribution in [3.05, 3.63) is 69.4 Å². The lowest BCUT2D eigenvalue weighted by atomic mass is 10.0. The van der Waals surface area contributed by atoms with Crippen LogP contribution in [0.5, 0.6) is 0 Å². The molecule has 0 radical (unpaired) electrons. The van der Waals surface area contributed by atoms with Crippen LogP contribution in [0.2, 0.25) is 5.02 Å². The Bertz CT molecular complexity index is 1080. The van der Waals surface area contributed by atoms with Gasteiger partial charge in [0.05, 0.1) is 13.3 Å². The van der Waals surface area contributed by atoms with Crippen molar-refractivity contribution in [2.75, 3.05) is 38.2 Å². The summed E-state index contributed by atoms with van der Waals surface area (Å²) in [7, 11) is 1.36. The van der Waals surface area contributed by atoms with Gasteiger partial charge in [-0.15, -0.1) is 0 Å². The van der Waals surface area contributed by atoms with Crippen molar-refractivity contribution in [1.29, 1.82) is 0 Å². The minimum Gasteiger partial charge on any atom is -0.468 e. The van der Waals surface area contributed by atoms with Crippen LogP contribution in [0.1, 0.15) is 11.6 Å². The Morgan fingerprint density at radius 3 is 2.50 bits per heavy atom. The number of rotatable bonds is 5. The van der Waals surface area contributed by atoms with E-state index in [0.29, 0.717) is 42.7 Å². The normalized spacial score (nSPS) is 15.9. The molecule has 4 rings (SSSR count). The lowest BCUT2D eigenvalue weighted by Crippen LogP contribution is -2.49. The standard InChI is InChI=1S/C20H20ClN5O4/c1-30-20(27)17(14-5-7-15(21)8-6-14)23-10-12-24(13-11-23)18-19(26(28)29)25-9-3-2-4-16(25)22-18/h2-9,17H,10-13H2,1H3/t17-/m0/s1. The molecule has 30 heavy (non-hydrogen) atoms. The monoisotopic (exact) mass is 429 g/mol. The maximum atomic E-state index is 12.5. The molecule has 1 saturated heterocycles. The number of methoxy groups -OCH3 is 1. The molecule has 1 fully saturated rings. The minimum atomic E-state index is -0.564. The fourth-order valence-electron chi connectivity index (χ4n) is 3.80. The first-order chi connectivity index (χ1) is 14.5. The van der Waals surface area contributed by atoms with Crippen molar-refractivity contribution in [3.8, 4) is 0 Å². The molecule has 3 aromatic rings. The average molecular weight is 430 g/mol. The number of hydrogen-bond acceptors (Lipinski definition) is 7. The van der Waals surface area contributed by atoms with E-state index in [9.17, 15) is 14.9 Å². The first kappa shape index (κ1) is 20.1. The molecule has 0 amide bonds. The third-order valence-electron chi connectivity index (χ3n) is 5.25. The molecule has 2 aromatic heterocycles. The van der Waals surface area contributed by atoms with Crippen molar-refractivity contribution in [3.63, 3.8) is 0 Å². The van der Waals surface area contributed by atoms with Gasteiger partial charge in [-0.25, -0.2) is 4.79 Å². The highest BCUT2D eigenvalue weighted by Crippen LogP contribution is 2.31. The minimum absolute atomic E-state index is 0.0544. The van der Waals surface area contributed by atoms with E-state index in [1.165, 1.54) is 11.5 Å². The smallest absolute Gasteiger partial charge is 0.372 e. The van der Waals surface area contributed by atoms with Gasteiger partial charge in [0.15, 0.2) is 0 Å². The van der Waals surface area contributed by atoms with Crippen LogP contribution in [-0.2, 0) is 9.53 Å². The summed E-state index contributed by atoms with van der Waals surface area (Å²) in [5.41, 5.74) is 1.31. The SMILES string of the molecule is COC(=O)[C@H](c1ccc(Cl)cc1)N1CCN(c2nc3ccccn3c2[N+](=O)[O-])CC1. The highest BCUT2D eigenvalue weighted by molar-refractivity contribution is 6.30. The number of halogens is 1. The second-order valence-corrected chi connectivity index (χ2v) is 7.38. The second-order valence-electron chi connectivity index (χ2n) is 6.95. The zero-order chi connectivity index (χ0) is 21.3. The van der Waals surface area contributed by atoms with E-state index in [1.807, 2.05) is 21.9 Å². The molecule has 3 heterocycles. The Balaban J connectivity index is 1.58. The molecule has 1 aliphatic heterocycles. The van der Waals surface area contributed by atoms with Crippen molar-refractivity contribution in [2.24, 2.45) is 0 Å². The van der Waals surface area contributed by atoms with E-state index < -0.39 is 11.0 Å². The lowest BCUT2D eigenvalue weighted by Gasteiger charge is -2.38. The van der Waals surface area contributed by atoms with Crippen LogP contribution in [0.3, 0.4) is 0 Å². The first-order valence-corrected chi connectivity index (χ1v) is 9.81. The van der Waals surface area contributed by atoms with Crippen LogP contribution in [0.15, 0.2) is 48.7 Å². The summed E-state index contributed by atoms with van der Waals surface area (Å²) in [6.07, 6.45) is 1.63. The number of imidazole rings is 1. The lowest BCUT2D eigenvalue weighted by molar-refractivity contribution is -0.389. The summed E-state index contributed by atoms with van der Waals surface area (Å²) >= 11 is 5.98. The molecule has 0 bridgehead atoms. The van der Waals surface area contributed by atoms with E-state index in [2.05, 4.69) is 4.98 Å². The fourth-order valence-corrected chi connectivity index (χ4v) is 3.92. The van der Waals surface area contributed by atoms with Crippen molar-refractivity contribution in [2.45, 2.75) is 6.04 Å². The maximum absolute atomic E-state index is 12.5. The summed E-state index contributed by atoms with van der Waals surface area (Å²) in [6.45, 7) is 2.03. The summed E-state index contributed by atoms with van der Waals surface area (Å²) in [6, 6.07) is 11.8. The molecule has 0 unspecified atom stereocenters. The number of hydrogen-bond donors (Lipinski definition) is 0. The van der Waals surface area contributed by atoms with Crippen molar-refractivity contribution < 1.29 is 14.5 Å². The Morgan fingerprint density at radius 2 is 1.87 bits per heavy atom. The Kier molecular flexibility index (Phi) is 5.56. The number of carbonyl (C=O) groups is 1. The number of fused-ring (bicyclic) bond motifs is 1. The number of esters is 1. The van der Waals surface area contributed by atoms with Gasteiger partial charge in [0.2, 0.25) is 11.5 Å². The molecule has 10 heteroatoms. The number of benzene rings is 1. The molecular formula is C20H20ClN5O4. The number of anilines is 1. The largest absolute Gasteiger partial charge is 0.468 e. The van der Waals surface area contributed by atoms with Gasteiger partial charge in [-0.2, -0.15) is 9.38 Å². The van der Waals surface area contributed by atoms with Gasteiger partial charge < -0.3 is 19.8 Å². The van der Waals surface area contributed by atoms with Crippen molar-refractivity contribution >= 4 is 34.9 Å². The zero-order valence-corrected chi connectivity index (χ0v) is 17.0. The van der Waals surface area contributed by atoms with Crippen LogP contribution in [0.25, 0.3) is 5.65 Å². The summed E-state index contributed by atoms with van der Waals surface area (Å²) in [4.78, 5) is 32.1. The average Bonchev–Trinajstić information content (AvgIpc) is 3.15. The number of aromatic nitrogens is 2. The van der Waals surface area contributed by atoms with Gasteiger partial charge in [0.1, 0.15) is 6.04 Å². The highest BCUT2D eigenvalue weighted by atomic mass is 35.5. The topological polar surface area (TPSA) is 93.2 Å². The van der Waals surface area contributed by atoms with Crippen molar-refractivity contribution in [1.82, 2.24) is 14.3 Å². The summed E-state index contributed by atoms with van der Waals surface area (Å²) in [5.74, 6) is -0.0716. The van der Waals surface area contributed by atoms with Gasteiger partial charge in [0.25, 0.3) is 0 Å². The summed E-state index contributed by atoms with van der Waals surface area (Å²) < 4.78 is 6.50. The summed E-state index contributed by atoms with van der Waals surface area (Å²) in [5, 5.41) is 12.3. The third-order valence-corrected chi connectivity index (χ3v) is 5.50. The van der Waals surface area contributed by atoms with E-state index in [0.717, 1.165) is 5.56 Å². The molecule has 0 N–H and O–H groups in total. The van der Waals surface area contributed by atoms with Gasteiger partial charge >= 0.3 is 11.8 Å². The van der Waals surface area contributed by atoms with E-state index >= 15 is 0 Å². The van der Waals surface area contributed by atoms with Gasteiger partial charge in [-0.1, -0.05) is 29.8 Å². The van der Waals surface area contributed by atoms with E-state index in [-0.39, 0.29) is 11.8 Å². The molecule has 9 nitrogen and oxygen atoms in total. The van der Waals surface area contributed by atoms with Gasteiger partial charge in [-0.3, -0.25) is 4.90 Å². The van der Waals surface area contributed by atoms with E-state index in [1.54, 1.807) is 36.5 Å². The molecule has 0 saturated carbocycles. The van der Waals surface area contributed by atoms with Crippen LogP contribution < -0.4 is 4.90 Å². The first-order valence-electron chi connectivity index (χ1n) is 9.43. The second kappa shape index (κ2) is 8.29. The molecule has 0 spiro atoms. The van der Waals surface area contributed by atoms with Crippen LogP contribution >= 0.6 is 11.6 Å². The Labute approximate surface area is 177 Å². The zero-order valence-electron chi connectivity index (χ0n) is 16.3. The fraction of sp³-hybridized carbons (Fsp3) is 0.300. The molecule has 1 aliphatic rings. The highest BCUT2D eigenvalue weighted by Gasteiger charge is 2.34. The maximum Gasteiger partial charge on any atom is 0.372 e. The van der Waals surface area contributed by atoms with Gasteiger partial charge in [0, 0.05) is 37.3 Å². The van der Waals surface area contributed by atoms with Crippen LogP contribution in [-0.4, -0.2) is 58.5 Å². The Morgan fingerprint density at radius 1 is 1.17 bits per heavy atom. The number of nitro groups is 1. The quantitative estimate of drug-likeness (QED) is 0.349. The number of piperazine rings is 1. The van der Waals surface area contributed by atoms with Gasteiger partial charge in [-0.05, 0) is 28.7 Å². The Hall–Kier alpha value is -3.17. The number of nitrogens with zero attached hydrogens (tertiary/aromatic N) is 5. The molecular weight excluding hydrogens is 410 g/mol. The predicted molar refractivity (Wildman–Crippen MR) is 112 cm³/mol. The molecule has 156 valence electrons. The molecule has 0 aliphatic carbocycles. The third kappa shape index (κ3) is 3.69. The molecule has 1 aromatic carbocycles. The molecule has 1 atom stereocenters. The van der Waals surface area contributed by atoms with Crippen LogP contribution in [0, 0.1) is 10.1 Å². The number of carbonyl (C=O) groups excluding carboxylic acids is 1. The van der Waals surface area contributed by atoms with Crippen LogP contribution in [0.4, 0.5) is 11.6 Å². The van der Waals surface area contributed by atoms with E-state index in [4.69, 9.17) is 16.3 Å². The number of ether oxygens (including phenoxy) is 1. The predicted octanol–water partition coefficient (Wildman–Crippen LogP) is 2.93.